The molecular weight excluding hydrogens is 712 g/mol. The molecule has 0 radical (unpaired) electrons. The van der Waals surface area contributed by atoms with Gasteiger partial charge in [0.1, 0.15) is 12.4 Å². The van der Waals surface area contributed by atoms with Crippen molar-refractivity contribution in [2.24, 2.45) is 4.99 Å². The van der Waals surface area contributed by atoms with Crippen LogP contribution >= 0.6 is 27.3 Å². The van der Waals surface area contributed by atoms with Gasteiger partial charge >= 0.3 is 11.9 Å². The summed E-state index contributed by atoms with van der Waals surface area (Å²) in [4.78, 5) is 44.5. The van der Waals surface area contributed by atoms with E-state index in [0.717, 1.165) is 11.1 Å². The first-order valence-corrected chi connectivity index (χ1v) is 17.4. The summed E-state index contributed by atoms with van der Waals surface area (Å²) < 4.78 is 30.7. The highest BCUT2D eigenvalue weighted by Crippen LogP contribution is 2.36. The molecule has 0 fully saturated rings. The van der Waals surface area contributed by atoms with Crippen molar-refractivity contribution in [3.8, 4) is 17.2 Å². The quantitative estimate of drug-likeness (QED) is 0.160. The summed E-state index contributed by atoms with van der Waals surface area (Å²) in [6.07, 6.45) is 1.71. The number of carbonyl (C=O) groups excluding carboxylic acids is 2. The van der Waals surface area contributed by atoms with Gasteiger partial charge in [0.15, 0.2) is 16.3 Å². The predicted octanol–water partition coefficient (Wildman–Crippen LogP) is 6.11. The van der Waals surface area contributed by atoms with E-state index in [4.69, 9.17) is 23.7 Å². The average Bonchev–Trinajstić information content (AvgIpc) is 3.37. The van der Waals surface area contributed by atoms with E-state index in [0.29, 0.717) is 54.5 Å². The van der Waals surface area contributed by atoms with Crippen molar-refractivity contribution >= 4 is 45.3 Å². The second-order valence-electron chi connectivity index (χ2n) is 11.3. The second kappa shape index (κ2) is 15.7. The minimum absolute atomic E-state index is 0.0770. The smallest absolute Gasteiger partial charge is 0.338 e. The number of carbonyl (C=O) groups is 2. The Morgan fingerprint density at radius 1 is 0.959 bits per heavy atom. The molecule has 0 saturated carbocycles. The molecule has 5 rings (SSSR count). The third-order valence-electron chi connectivity index (χ3n) is 7.50. The van der Waals surface area contributed by atoms with E-state index >= 15 is 0 Å². The third-order valence-corrected chi connectivity index (χ3v) is 9.10. The number of fused-ring (bicyclic) bond motifs is 1. The molecular formula is C37H37BrN2O8S. The highest BCUT2D eigenvalue weighted by Gasteiger charge is 2.34. The molecule has 10 nitrogen and oxygen atoms in total. The second-order valence-corrected chi connectivity index (χ2v) is 13.1. The summed E-state index contributed by atoms with van der Waals surface area (Å²) in [7, 11) is 1.55. The number of hydrogen-bond donors (Lipinski definition) is 0. The fourth-order valence-corrected chi connectivity index (χ4v) is 6.86. The van der Waals surface area contributed by atoms with Crippen molar-refractivity contribution in [3.05, 3.63) is 118 Å². The van der Waals surface area contributed by atoms with Crippen LogP contribution in [0.15, 0.2) is 86.2 Å². The molecule has 256 valence electrons. The van der Waals surface area contributed by atoms with Crippen LogP contribution in [0.25, 0.3) is 6.08 Å². The summed E-state index contributed by atoms with van der Waals surface area (Å²) >= 11 is 4.83. The molecule has 1 aliphatic rings. The zero-order valence-corrected chi connectivity index (χ0v) is 30.5. The standard InChI is InChI=1S/C37H37BrN2O8S/c1-7-45-35(42)25-12-9-23(10-13-25)20-47-28-15-11-24(17-27(28)38)18-31-34(41)40-33(26-14-16-29(48-21(3)4)30(19-26)44-6)32(36(43)46-8-2)22(5)39-37(40)49-31/h9-19,21,33H,7-8,20H2,1-6H3/b31-18+/t33-/m0/s1. The van der Waals surface area contributed by atoms with Crippen molar-refractivity contribution in [3.63, 3.8) is 0 Å². The fourth-order valence-electron chi connectivity index (χ4n) is 5.30. The Balaban J connectivity index is 1.47. The molecule has 2 heterocycles. The maximum Gasteiger partial charge on any atom is 0.338 e. The number of thiazole rings is 1. The van der Waals surface area contributed by atoms with E-state index in [1.807, 2.05) is 50.2 Å². The molecule has 0 N–H and O–H groups in total. The molecule has 1 atom stereocenters. The zero-order valence-electron chi connectivity index (χ0n) is 28.1. The van der Waals surface area contributed by atoms with Crippen LogP contribution in [0.3, 0.4) is 0 Å². The summed E-state index contributed by atoms with van der Waals surface area (Å²) in [5, 5.41) is 0. The Bertz CT molecular complexity index is 2080. The lowest BCUT2D eigenvalue weighted by atomic mass is 9.95. The van der Waals surface area contributed by atoms with Crippen LogP contribution in [0, 0.1) is 0 Å². The number of nitrogens with zero attached hydrogens (tertiary/aromatic N) is 2. The summed E-state index contributed by atoms with van der Waals surface area (Å²) in [6.45, 7) is 9.87. The Labute approximate surface area is 296 Å². The lowest BCUT2D eigenvalue weighted by molar-refractivity contribution is -0.139. The molecule has 0 amide bonds. The first-order chi connectivity index (χ1) is 23.5. The van der Waals surface area contributed by atoms with E-state index in [9.17, 15) is 14.4 Å². The predicted molar refractivity (Wildman–Crippen MR) is 190 cm³/mol. The molecule has 1 aliphatic heterocycles. The highest BCUT2D eigenvalue weighted by molar-refractivity contribution is 9.10. The SMILES string of the molecule is CCOC(=O)C1=C(C)N=c2s/c(=C/c3ccc(OCc4ccc(C(=O)OCC)cc4)c(Br)c3)c(=O)n2[C@H]1c1ccc(OC(C)C)c(OC)c1. The molecule has 4 aromatic rings. The van der Waals surface area contributed by atoms with Gasteiger partial charge in [-0.3, -0.25) is 9.36 Å². The van der Waals surface area contributed by atoms with E-state index in [1.54, 1.807) is 58.2 Å². The van der Waals surface area contributed by atoms with E-state index in [-0.39, 0.29) is 36.4 Å². The minimum atomic E-state index is -0.798. The molecule has 12 heteroatoms. The van der Waals surface area contributed by atoms with Gasteiger partial charge in [-0.2, -0.15) is 0 Å². The van der Waals surface area contributed by atoms with Crippen molar-refractivity contribution in [2.75, 3.05) is 20.3 Å². The van der Waals surface area contributed by atoms with Crippen LogP contribution in [0.1, 0.15) is 67.7 Å². The van der Waals surface area contributed by atoms with Crippen molar-refractivity contribution < 1.29 is 33.3 Å². The monoisotopic (exact) mass is 748 g/mol. The van der Waals surface area contributed by atoms with E-state index < -0.39 is 12.0 Å². The third kappa shape index (κ3) is 7.97. The van der Waals surface area contributed by atoms with Crippen LogP contribution in [-0.2, 0) is 20.9 Å². The largest absolute Gasteiger partial charge is 0.493 e. The van der Waals surface area contributed by atoms with Crippen molar-refractivity contribution in [1.29, 1.82) is 0 Å². The van der Waals surface area contributed by atoms with Crippen LogP contribution in [0.4, 0.5) is 0 Å². The summed E-state index contributed by atoms with van der Waals surface area (Å²) in [6, 6.07) is 17.2. The molecule has 0 saturated heterocycles. The normalized spacial score (nSPS) is 14.3. The lowest BCUT2D eigenvalue weighted by Crippen LogP contribution is -2.40. The van der Waals surface area contributed by atoms with Crippen LogP contribution in [0.5, 0.6) is 17.2 Å². The first kappa shape index (κ1) is 35.6. The summed E-state index contributed by atoms with van der Waals surface area (Å²) in [5.41, 5.74) is 3.23. The number of ether oxygens (including phenoxy) is 5. The van der Waals surface area contributed by atoms with Gasteiger partial charge in [-0.05, 0) is 110 Å². The van der Waals surface area contributed by atoms with E-state index in [1.165, 1.54) is 15.9 Å². The van der Waals surface area contributed by atoms with Gasteiger partial charge in [0.25, 0.3) is 5.56 Å². The minimum Gasteiger partial charge on any atom is -0.493 e. The fraction of sp³-hybridized carbons (Fsp3) is 0.297. The van der Waals surface area contributed by atoms with Gasteiger partial charge in [-0.1, -0.05) is 35.6 Å². The van der Waals surface area contributed by atoms with E-state index in [2.05, 4.69) is 20.9 Å². The number of methoxy groups -OCH3 is 1. The zero-order chi connectivity index (χ0) is 35.2. The number of benzene rings is 3. The maximum atomic E-state index is 14.1. The van der Waals surface area contributed by atoms with Gasteiger partial charge in [0.05, 0.1) is 58.3 Å². The molecule has 0 bridgehead atoms. The van der Waals surface area contributed by atoms with Gasteiger partial charge in [-0.15, -0.1) is 0 Å². The molecule has 0 spiro atoms. The molecule has 0 unspecified atom stereocenters. The lowest BCUT2D eigenvalue weighted by Gasteiger charge is -2.25. The number of rotatable bonds is 12. The van der Waals surface area contributed by atoms with Crippen LogP contribution in [-0.4, -0.2) is 42.9 Å². The molecule has 0 aliphatic carbocycles. The van der Waals surface area contributed by atoms with Crippen LogP contribution < -0.4 is 29.1 Å². The van der Waals surface area contributed by atoms with Crippen molar-refractivity contribution in [2.45, 2.75) is 53.4 Å². The first-order valence-electron chi connectivity index (χ1n) is 15.8. The number of esters is 2. The molecule has 3 aromatic carbocycles. The Kier molecular flexibility index (Phi) is 11.4. The average molecular weight is 750 g/mol. The molecule has 49 heavy (non-hydrogen) atoms. The topological polar surface area (TPSA) is 115 Å². The number of aromatic nitrogens is 1. The number of allylic oxidation sites excluding steroid dienone is 1. The number of halogens is 1. The van der Waals surface area contributed by atoms with Crippen LogP contribution in [0.2, 0.25) is 0 Å². The maximum absolute atomic E-state index is 14.1. The van der Waals surface area contributed by atoms with Gasteiger partial charge in [-0.25, -0.2) is 14.6 Å². The van der Waals surface area contributed by atoms with Crippen molar-refractivity contribution in [1.82, 2.24) is 4.57 Å². The number of hydrogen-bond acceptors (Lipinski definition) is 10. The Hall–Kier alpha value is -4.68. The Morgan fingerprint density at radius 2 is 1.65 bits per heavy atom. The Morgan fingerprint density at radius 3 is 2.31 bits per heavy atom. The van der Waals surface area contributed by atoms with Gasteiger partial charge in [0.2, 0.25) is 0 Å². The van der Waals surface area contributed by atoms with Gasteiger partial charge < -0.3 is 23.7 Å². The highest BCUT2D eigenvalue weighted by atomic mass is 79.9. The molecule has 1 aromatic heterocycles. The van der Waals surface area contributed by atoms with Gasteiger partial charge in [0, 0.05) is 0 Å². The summed E-state index contributed by atoms with van der Waals surface area (Å²) in [5.74, 6) is 0.737.